The molecule has 0 heterocycles. The smallest absolute Gasteiger partial charge is 0.306 e. The molecule has 1 atom stereocenters. The molecule has 18 heavy (non-hydrogen) atoms. The molecular weight excluding hydrogens is 232 g/mol. The molecule has 0 amide bonds. The van der Waals surface area contributed by atoms with E-state index in [4.69, 9.17) is 9.84 Å². The Bertz CT molecular complexity index is 238. The summed E-state index contributed by atoms with van der Waals surface area (Å²) in [5.41, 5.74) is 0. The highest BCUT2D eigenvalue weighted by Gasteiger charge is 2.15. The van der Waals surface area contributed by atoms with Crippen molar-refractivity contribution in [3.63, 3.8) is 0 Å². The van der Waals surface area contributed by atoms with E-state index in [0.717, 1.165) is 44.9 Å². The summed E-state index contributed by atoms with van der Waals surface area (Å²) in [5.74, 6) is -1.00. The molecule has 1 unspecified atom stereocenters. The van der Waals surface area contributed by atoms with Crippen LogP contribution in [0.1, 0.15) is 65.2 Å². The quantitative estimate of drug-likeness (QED) is 0.456. The second kappa shape index (κ2) is 11.1. The summed E-state index contributed by atoms with van der Waals surface area (Å²) in [6, 6.07) is 0. The van der Waals surface area contributed by atoms with Crippen molar-refractivity contribution in [1.82, 2.24) is 0 Å². The van der Waals surface area contributed by atoms with E-state index in [1.165, 1.54) is 0 Å². The standard InChI is InChI=1S/C14H26O4/c1-3-9-12(14(16)17)10-7-5-6-8-11-13(15)18-4-2/h12H,3-11H2,1-2H3,(H,16,17). The third-order valence-electron chi connectivity index (χ3n) is 2.98. The normalized spacial score (nSPS) is 12.1. The highest BCUT2D eigenvalue weighted by molar-refractivity contribution is 5.70. The Morgan fingerprint density at radius 1 is 1.06 bits per heavy atom. The van der Waals surface area contributed by atoms with E-state index in [-0.39, 0.29) is 11.9 Å². The first-order valence-electron chi connectivity index (χ1n) is 7.00. The maximum Gasteiger partial charge on any atom is 0.306 e. The third-order valence-corrected chi connectivity index (χ3v) is 2.98. The first-order chi connectivity index (χ1) is 8.61. The van der Waals surface area contributed by atoms with E-state index in [2.05, 4.69) is 0 Å². The Morgan fingerprint density at radius 2 is 1.72 bits per heavy atom. The summed E-state index contributed by atoms with van der Waals surface area (Å²) < 4.78 is 4.83. The number of carboxylic acid groups (broad SMARTS) is 1. The first-order valence-corrected chi connectivity index (χ1v) is 7.00. The maximum atomic E-state index is 11.1. The Kier molecular flexibility index (Phi) is 10.4. The first kappa shape index (κ1) is 16.9. The van der Waals surface area contributed by atoms with Gasteiger partial charge in [-0.15, -0.1) is 0 Å². The lowest BCUT2D eigenvalue weighted by atomic mass is 9.96. The van der Waals surface area contributed by atoms with E-state index >= 15 is 0 Å². The second-order valence-electron chi connectivity index (χ2n) is 4.58. The van der Waals surface area contributed by atoms with Crippen LogP contribution in [0.4, 0.5) is 0 Å². The molecule has 4 heteroatoms. The van der Waals surface area contributed by atoms with Crippen LogP contribution in [0.2, 0.25) is 0 Å². The van der Waals surface area contributed by atoms with Crippen LogP contribution in [0.15, 0.2) is 0 Å². The van der Waals surface area contributed by atoms with Crippen molar-refractivity contribution in [2.45, 2.75) is 65.2 Å². The van der Waals surface area contributed by atoms with Crippen LogP contribution in [0, 0.1) is 5.92 Å². The van der Waals surface area contributed by atoms with Gasteiger partial charge in [-0.25, -0.2) is 0 Å². The van der Waals surface area contributed by atoms with Crippen molar-refractivity contribution in [2.75, 3.05) is 6.61 Å². The molecule has 0 aromatic carbocycles. The van der Waals surface area contributed by atoms with Gasteiger partial charge in [0.05, 0.1) is 12.5 Å². The minimum Gasteiger partial charge on any atom is -0.481 e. The fourth-order valence-electron chi connectivity index (χ4n) is 1.99. The van der Waals surface area contributed by atoms with Gasteiger partial charge in [-0.2, -0.15) is 0 Å². The highest BCUT2D eigenvalue weighted by atomic mass is 16.5. The molecule has 0 fully saturated rings. The van der Waals surface area contributed by atoms with Gasteiger partial charge in [0.15, 0.2) is 0 Å². The van der Waals surface area contributed by atoms with Gasteiger partial charge in [-0.05, 0) is 26.2 Å². The number of hydrogen-bond donors (Lipinski definition) is 1. The monoisotopic (exact) mass is 258 g/mol. The molecule has 0 saturated carbocycles. The zero-order valence-electron chi connectivity index (χ0n) is 11.6. The summed E-state index contributed by atoms with van der Waals surface area (Å²) >= 11 is 0. The van der Waals surface area contributed by atoms with Crippen LogP contribution in [-0.4, -0.2) is 23.7 Å². The Balaban J connectivity index is 3.48. The van der Waals surface area contributed by atoms with Crippen molar-refractivity contribution < 1.29 is 19.4 Å². The number of rotatable bonds is 11. The summed E-state index contributed by atoms with van der Waals surface area (Å²) in [6.07, 6.45) is 6.64. The molecule has 1 N–H and O–H groups in total. The van der Waals surface area contributed by atoms with Crippen LogP contribution >= 0.6 is 0 Å². The number of aliphatic carboxylic acids is 1. The minimum atomic E-state index is -0.677. The SMILES string of the molecule is CCCC(CCCCCCC(=O)OCC)C(=O)O. The molecule has 0 aliphatic heterocycles. The van der Waals surface area contributed by atoms with Crippen molar-refractivity contribution in [2.24, 2.45) is 5.92 Å². The van der Waals surface area contributed by atoms with Crippen molar-refractivity contribution in [1.29, 1.82) is 0 Å². The van der Waals surface area contributed by atoms with Gasteiger partial charge in [0, 0.05) is 6.42 Å². The number of carboxylic acids is 1. The predicted molar refractivity (Wildman–Crippen MR) is 70.4 cm³/mol. The number of ether oxygens (including phenoxy) is 1. The van der Waals surface area contributed by atoms with Gasteiger partial charge < -0.3 is 9.84 Å². The van der Waals surface area contributed by atoms with Gasteiger partial charge in [0.2, 0.25) is 0 Å². The van der Waals surface area contributed by atoms with Crippen LogP contribution in [0.3, 0.4) is 0 Å². The molecule has 0 spiro atoms. The van der Waals surface area contributed by atoms with Gasteiger partial charge >= 0.3 is 11.9 Å². The van der Waals surface area contributed by atoms with Crippen molar-refractivity contribution in [3.05, 3.63) is 0 Å². The van der Waals surface area contributed by atoms with Crippen LogP contribution in [0.25, 0.3) is 0 Å². The maximum absolute atomic E-state index is 11.1. The van der Waals surface area contributed by atoms with Gasteiger partial charge in [0.1, 0.15) is 0 Å². The molecule has 0 aromatic rings. The topological polar surface area (TPSA) is 63.6 Å². The lowest BCUT2D eigenvalue weighted by Gasteiger charge is -2.10. The summed E-state index contributed by atoms with van der Waals surface area (Å²) in [5, 5.41) is 8.98. The molecule has 0 aliphatic rings. The lowest BCUT2D eigenvalue weighted by Crippen LogP contribution is -2.13. The average Bonchev–Trinajstić information content (AvgIpc) is 2.32. The Labute approximate surface area is 110 Å². The lowest BCUT2D eigenvalue weighted by molar-refractivity contribution is -0.143. The zero-order valence-corrected chi connectivity index (χ0v) is 11.6. The van der Waals surface area contributed by atoms with Crippen molar-refractivity contribution >= 4 is 11.9 Å². The molecule has 0 aliphatic carbocycles. The Morgan fingerprint density at radius 3 is 2.28 bits per heavy atom. The van der Waals surface area contributed by atoms with Crippen LogP contribution in [-0.2, 0) is 14.3 Å². The van der Waals surface area contributed by atoms with E-state index in [9.17, 15) is 9.59 Å². The zero-order chi connectivity index (χ0) is 13.8. The number of carbonyl (C=O) groups is 2. The second-order valence-corrected chi connectivity index (χ2v) is 4.58. The molecular formula is C14H26O4. The average molecular weight is 258 g/mol. The van der Waals surface area contributed by atoms with E-state index in [1.807, 2.05) is 6.92 Å². The van der Waals surface area contributed by atoms with Crippen LogP contribution < -0.4 is 0 Å². The predicted octanol–water partition coefficient (Wildman–Crippen LogP) is 3.39. The summed E-state index contributed by atoms with van der Waals surface area (Å²) in [4.78, 5) is 22.0. The highest BCUT2D eigenvalue weighted by Crippen LogP contribution is 2.16. The van der Waals surface area contributed by atoms with E-state index in [0.29, 0.717) is 13.0 Å². The summed E-state index contributed by atoms with van der Waals surface area (Å²) in [7, 11) is 0. The fraction of sp³-hybridized carbons (Fsp3) is 0.857. The fourth-order valence-corrected chi connectivity index (χ4v) is 1.99. The molecule has 0 rings (SSSR count). The number of esters is 1. The molecule has 106 valence electrons. The molecule has 4 nitrogen and oxygen atoms in total. The van der Waals surface area contributed by atoms with Gasteiger partial charge in [-0.3, -0.25) is 9.59 Å². The minimum absolute atomic E-state index is 0.133. The van der Waals surface area contributed by atoms with Crippen LogP contribution in [0.5, 0.6) is 0 Å². The molecule has 0 bridgehead atoms. The molecule has 0 radical (unpaired) electrons. The number of unbranched alkanes of at least 4 members (excludes halogenated alkanes) is 3. The van der Waals surface area contributed by atoms with Gasteiger partial charge in [0.25, 0.3) is 0 Å². The largest absolute Gasteiger partial charge is 0.481 e. The number of carbonyl (C=O) groups excluding carboxylic acids is 1. The number of hydrogen-bond acceptors (Lipinski definition) is 3. The van der Waals surface area contributed by atoms with E-state index < -0.39 is 5.97 Å². The Hall–Kier alpha value is -1.06. The third kappa shape index (κ3) is 9.02. The molecule has 0 aromatic heterocycles. The van der Waals surface area contributed by atoms with E-state index in [1.54, 1.807) is 6.92 Å². The molecule has 0 saturated heterocycles. The van der Waals surface area contributed by atoms with Crippen molar-refractivity contribution in [3.8, 4) is 0 Å². The summed E-state index contributed by atoms with van der Waals surface area (Å²) in [6.45, 7) is 4.25. The van der Waals surface area contributed by atoms with Gasteiger partial charge in [-0.1, -0.05) is 32.6 Å².